The van der Waals surface area contributed by atoms with Crippen LogP contribution >= 0.6 is 0 Å². The van der Waals surface area contributed by atoms with Crippen molar-refractivity contribution >= 4 is 22.0 Å². The van der Waals surface area contributed by atoms with Gasteiger partial charge in [0, 0.05) is 0 Å². The van der Waals surface area contributed by atoms with Gasteiger partial charge in [-0.05, 0) is 0 Å². The van der Waals surface area contributed by atoms with E-state index in [1.165, 1.54) is 55.4 Å². The van der Waals surface area contributed by atoms with Crippen LogP contribution < -0.4 is 3.58 Å². The standard InChI is InChI=1S/C11H9O2.3C4H9.Sn/c12-11(10-6-7-13-8-10)9-4-2-1-3-5-9;3*1-3-4-2;/h1-5,7-8,11-12H;3*1,3-4H2,2H3;. The third-order valence-electron chi connectivity index (χ3n) is 5.70. The molecule has 0 saturated heterocycles. The van der Waals surface area contributed by atoms with Crippen LogP contribution in [0.15, 0.2) is 47.3 Å². The van der Waals surface area contributed by atoms with E-state index in [4.69, 9.17) is 4.42 Å². The molecule has 0 aliphatic heterocycles. The molecule has 0 bridgehead atoms. The average Bonchev–Trinajstić information content (AvgIpc) is 3.18. The van der Waals surface area contributed by atoms with Crippen LogP contribution in [0, 0.1) is 0 Å². The van der Waals surface area contributed by atoms with Gasteiger partial charge in [-0.1, -0.05) is 0 Å². The first kappa shape index (κ1) is 21.6. The number of benzene rings is 1. The van der Waals surface area contributed by atoms with E-state index >= 15 is 0 Å². The molecular weight excluding hydrogens is 427 g/mol. The van der Waals surface area contributed by atoms with E-state index in [2.05, 4.69) is 20.8 Å². The zero-order valence-electron chi connectivity index (χ0n) is 16.8. The second kappa shape index (κ2) is 11.2. The van der Waals surface area contributed by atoms with Gasteiger partial charge in [0.2, 0.25) is 0 Å². The first-order valence-electron chi connectivity index (χ1n) is 10.5. The van der Waals surface area contributed by atoms with Crippen molar-refractivity contribution in [2.75, 3.05) is 0 Å². The molecule has 0 aliphatic carbocycles. The normalized spacial score (nSPS) is 13.1. The van der Waals surface area contributed by atoms with Gasteiger partial charge in [-0.25, -0.2) is 0 Å². The average molecular weight is 463 g/mol. The molecule has 2 aromatic rings. The molecule has 2 rings (SSSR count). The molecule has 1 heterocycles. The van der Waals surface area contributed by atoms with Crippen LogP contribution in [-0.2, 0) is 0 Å². The monoisotopic (exact) mass is 464 g/mol. The summed E-state index contributed by atoms with van der Waals surface area (Å²) in [5.41, 5.74) is 2.02. The van der Waals surface area contributed by atoms with E-state index in [0.717, 1.165) is 11.1 Å². The number of hydrogen-bond donors (Lipinski definition) is 1. The van der Waals surface area contributed by atoms with E-state index in [-0.39, 0.29) is 0 Å². The summed E-state index contributed by atoms with van der Waals surface area (Å²) in [5, 5.41) is 11.1. The Hall–Kier alpha value is -0.741. The Morgan fingerprint density at radius 2 is 1.38 bits per heavy atom. The van der Waals surface area contributed by atoms with Gasteiger partial charge in [-0.2, -0.15) is 0 Å². The molecule has 0 radical (unpaired) electrons. The second-order valence-electron chi connectivity index (χ2n) is 7.65. The molecule has 1 atom stereocenters. The van der Waals surface area contributed by atoms with Crippen LogP contribution in [0.3, 0.4) is 0 Å². The zero-order valence-corrected chi connectivity index (χ0v) is 19.7. The van der Waals surface area contributed by atoms with Crippen molar-refractivity contribution in [3.8, 4) is 0 Å². The Labute approximate surface area is 163 Å². The van der Waals surface area contributed by atoms with E-state index in [0.29, 0.717) is 0 Å². The fourth-order valence-corrected chi connectivity index (χ4v) is 20.6. The predicted molar refractivity (Wildman–Crippen MR) is 114 cm³/mol. The Morgan fingerprint density at radius 1 is 0.846 bits per heavy atom. The van der Waals surface area contributed by atoms with Gasteiger partial charge in [0.15, 0.2) is 0 Å². The number of furan rings is 1. The Morgan fingerprint density at radius 3 is 1.88 bits per heavy atom. The Balaban J connectivity index is 2.41. The summed E-state index contributed by atoms with van der Waals surface area (Å²) in [6.07, 6.45) is 11.0. The van der Waals surface area contributed by atoms with Crippen LogP contribution in [-0.4, -0.2) is 23.5 Å². The van der Waals surface area contributed by atoms with Crippen LogP contribution in [0.1, 0.15) is 76.5 Å². The number of rotatable bonds is 12. The van der Waals surface area contributed by atoms with E-state index in [9.17, 15) is 5.11 Å². The van der Waals surface area contributed by atoms with Gasteiger partial charge < -0.3 is 0 Å². The molecule has 0 saturated carbocycles. The summed E-state index contributed by atoms with van der Waals surface area (Å²) < 4.78 is 11.3. The summed E-state index contributed by atoms with van der Waals surface area (Å²) in [4.78, 5) is 0. The summed E-state index contributed by atoms with van der Waals surface area (Å²) in [6.45, 7) is 6.89. The molecular formula is C23H36O2Sn. The number of hydrogen-bond acceptors (Lipinski definition) is 2. The fraction of sp³-hybridized carbons (Fsp3) is 0.565. The van der Waals surface area contributed by atoms with Crippen molar-refractivity contribution in [1.29, 1.82) is 0 Å². The van der Waals surface area contributed by atoms with Crippen LogP contribution in [0.2, 0.25) is 13.3 Å². The molecule has 0 fully saturated rings. The summed E-state index contributed by atoms with van der Waals surface area (Å²) in [7, 11) is 0. The molecule has 1 aromatic carbocycles. The topological polar surface area (TPSA) is 33.4 Å². The molecule has 0 amide bonds. The fourth-order valence-electron chi connectivity index (χ4n) is 4.09. The molecule has 0 aliphatic rings. The molecule has 26 heavy (non-hydrogen) atoms. The summed E-state index contributed by atoms with van der Waals surface area (Å²) >= 11 is -2.60. The molecule has 2 nitrogen and oxygen atoms in total. The Kier molecular flexibility index (Phi) is 9.27. The molecule has 1 unspecified atom stereocenters. The third kappa shape index (κ3) is 5.39. The first-order chi connectivity index (χ1) is 12.7. The van der Waals surface area contributed by atoms with Crippen LogP contribution in [0.4, 0.5) is 0 Å². The maximum atomic E-state index is 11.1. The van der Waals surface area contributed by atoms with Crippen molar-refractivity contribution in [3.05, 3.63) is 54.0 Å². The molecule has 144 valence electrons. The maximum absolute atomic E-state index is 11.1. The van der Waals surface area contributed by atoms with Crippen molar-refractivity contribution in [1.82, 2.24) is 0 Å². The molecule has 3 heteroatoms. The van der Waals surface area contributed by atoms with Gasteiger partial charge in [0.05, 0.1) is 0 Å². The summed E-state index contributed by atoms with van der Waals surface area (Å²) in [5.74, 6) is 0. The minimum absolute atomic E-state index is 0.564. The molecule has 1 N–H and O–H groups in total. The van der Waals surface area contributed by atoms with Crippen molar-refractivity contribution in [3.63, 3.8) is 0 Å². The van der Waals surface area contributed by atoms with E-state index in [1.54, 1.807) is 0 Å². The van der Waals surface area contributed by atoms with Gasteiger partial charge in [0.25, 0.3) is 0 Å². The van der Waals surface area contributed by atoms with Crippen LogP contribution in [0.25, 0.3) is 0 Å². The third-order valence-corrected chi connectivity index (χ3v) is 21.3. The van der Waals surface area contributed by atoms with E-state index in [1.807, 2.05) is 42.9 Å². The van der Waals surface area contributed by atoms with Crippen LogP contribution in [0.5, 0.6) is 0 Å². The van der Waals surface area contributed by atoms with Gasteiger partial charge in [0.1, 0.15) is 0 Å². The minimum atomic E-state index is -2.60. The molecule has 0 spiro atoms. The zero-order chi connectivity index (χ0) is 18.8. The van der Waals surface area contributed by atoms with Gasteiger partial charge >= 0.3 is 164 Å². The quantitative estimate of drug-likeness (QED) is 0.369. The van der Waals surface area contributed by atoms with Crippen molar-refractivity contribution in [2.24, 2.45) is 0 Å². The second-order valence-corrected chi connectivity index (χ2v) is 20.8. The van der Waals surface area contributed by atoms with Crippen molar-refractivity contribution < 1.29 is 9.52 Å². The predicted octanol–water partition coefficient (Wildman–Crippen LogP) is 6.42. The summed E-state index contributed by atoms with van der Waals surface area (Å²) in [6, 6.07) is 10.0. The number of unbranched alkanes of at least 4 members (excludes halogenated alkanes) is 3. The molecule has 1 aromatic heterocycles. The van der Waals surface area contributed by atoms with Crippen molar-refractivity contribution in [2.45, 2.75) is 78.7 Å². The SMILES string of the molecule is CCC[CH2][Sn]([CH2]CCC)([CH2]CCC)[c]1cocc1C(O)c1ccccc1. The Bertz CT molecular complexity index is 598. The first-order valence-corrected chi connectivity index (χ1v) is 18.0. The van der Waals surface area contributed by atoms with E-state index < -0.39 is 24.5 Å². The number of aliphatic hydroxyl groups excluding tert-OH is 1. The van der Waals surface area contributed by atoms with Gasteiger partial charge in [-0.3, -0.25) is 0 Å². The van der Waals surface area contributed by atoms with Gasteiger partial charge in [-0.15, -0.1) is 0 Å². The number of aliphatic hydroxyl groups is 1.